The van der Waals surface area contributed by atoms with E-state index >= 15 is 0 Å². The summed E-state index contributed by atoms with van der Waals surface area (Å²) in [6.45, 7) is 0. The Morgan fingerprint density at radius 1 is 1.29 bits per heavy atom. The number of hydrogen-bond acceptors (Lipinski definition) is 6. The van der Waals surface area contributed by atoms with Crippen LogP contribution in [0.15, 0.2) is 29.4 Å². The maximum absolute atomic E-state index is 11.4. The summed E-state index contributed by atoms with van der Waals surface area (Å²) in [5.74, 6) is 2.09. The molecule has 1 heterocycles. The van der Waals surface area contributed by atoms with E-state index in [9.17, 15) is 4.79 Å². The van der Waals surface area contributed by atoms with Crippen LogP contribution in [0.1, 0.15) is 42.5 Å². The molecule has 1 aromatic carbocycles. The molecule has 0 bridgehead atoms. The molecule has 2 N–H and O–H groups in total. The number of nitrogens with one attached hydrogen (secondary N) is 2. The van der Waals surface area contributed by atoms with E-state index in [2.05, 4.69) is 25.2 Å². The van der Waals surface area contributed by atoms with Gasteiger partial charge in [0, 0.05) is 11.4 Å². The topological polar surface area (TPSA) is 79.9 Å². The maximum atomic E-state index is 11.4. The number of carbonyl (C=O) groups is 1. The first-order valence-electron chi connectivity index (χ1n) is 8.25. The van der Waals surface area contributed by atoms with E-state index in [4.69, 9.17) is 0 Å². The highest BCUT2D eigenvalue weighted by Gasteiger charge is 2.15. The average Bonchev–Trinajstić information content (AvgIpc) is 3.08. The molecule has 2 aromatic rings. The molecule has 1 aromatic heterocycles. The van der Waals surface area contributed by atoms with Crippen LogP contribution in [0.5, 0.6) is 0 Å². The molecule has 7 heteroatoms. The summed E-state index contributed by atoms with van der Waals surface area (Å²) in [5.41, 5.74) is 1.34. The number of benzene rings is 1. The van der Waals surface area contributed by atoms with Crippen LogP contribution in [0.4, 0.5) is 11.6 Å². The van der Waals surface area contributed by atoms with Crippen LogP contribution >= 0.6 is 11.8 Å². The summed E-state index contributed by atoms with van der Waals surface area (Å²) in [7, 11) is 1.37. The molecule has 0 saturated heterocycles. The first-order chi connectivity index (χ1) is 11.7. The Bertz CT molecular complexity index is 665. The lowest BCUT2D eigenvalue weighted by Crippen LogP contribution is -2.08. The van der Waals surface area contributed by atoms with Crippen molar-refractivity contribution in [1.82, 2.24) is 15.2 Å². The van der Waals surface area contributed by atoms with Crippen molar-refractivity contribution in [2.75, 3.05) is 18.2 Å². The number of hydrogen-bond donors (Lipinski definition) is 2. The molecule has 0 radical (unpaired) electrons. The molecule has 0 spiro atoms. The molecule has 0 aliphatic heterocycles. The number of anilines is 2. The Hall–Kier alpha value is -2.02. The van der Waals surface area contributed by atoms with Crippen LogP contribution in [-0.4, -0.2) is 34.0 Å². The molecule has 1 aliphatic rings. The van der Waals surface area contributed by atoms with Gasteiger partial charge in [0.15, 0.2) is 5.16 Å². The minimum absolute atomic E-state index is 0.346. The van der Waals surface area contributed by atoms with Gasteiger partial charge in [0.1, 0.15) is 0 Å². The van der Waals surface area contributed by atoms with Crippen molar-refractivity contribution in [3.63, 3.8) is 0 Å². The lowest BCUT2D eigenvalue weighted by Gasteiger charge is -2.20. The number of aromatic nitrogens is 3. The van der Waals surface area contributed by atoms with E-state index in [1.54, 1.807) is 36.0 Å². The van der Waals surface area contributed by atoms with Gasteiger partial charge in [-0.2, -0.15) is 4.98 Å². The quantitative estimate of drug-likeness (QED) is 0.608. The second-order valence-electron chi connectivity index (χ2n) is 5.97. The lowest BCUT2D eigenvalue weighted by molar-refractivity contribution is 0.0601. The van der Waals surface area contributed by atoms with Crippen molar-refractivity contribution in [3.8, 4) is 0 Å². The second-order valence-corrected chi connectivity index (χ2v) is 6.98. The molecule has 1 aliphatic carbocycles. The summed E-state index contributed by atoms with van der Waals surface area (Å²) >= 11 is 1.74. The zero-order chi connectivity index (χ0) is 16.8. The van der Waals surface area contributed by atoms with Crippen molar-refractivity contribution >= 4 is 29.4 Å². The van der Waals surface area contributed by atoms with Gasteiger partial charge in [0.25, 0.3) is 0 Å². The van der Waals surface area contributed by atoms with Gasteiger partial charge in [-0.3, -0.25) is 5.10 Å². The monoisotopic (exact) mass is 346 g/mol. The Kier molecular flexibility index (Phi) is 5.74. The third-order valence-electron chi connectivity index (χ3n) is 4.21. The van der Waals surface area contributed by atoms with Gasteiger partial charge >= 0.3 is 5.97 Å². The molecule has 0 unspecified atom stereocenters. The van der Waals surface area contributed by atoms with Crippen LogP contribution < -0.4 is 5.32 Å². The number of H-pyrrole nitrogens is 1. The van der Waals surface area contributed by atoms with Gasteiger partial charge < -0.3 is 10.1 Å². The number of ether oxygens (including phenoxy) is 1. The highest BCUT2D eigenvalue weighted by Crippen LogP contribution is 2.29. The van der Waals surface area contributed by atoms with Crippen molar-refractivity contribution in [1.29, 1.82) is 0 Å². The molecule has 0 amide bonds. The van der Waals surface area contributed by atoms with Gasteiger partial charge in [0.2, 0.25) is 5.95 Å². The normalized spacial score (nSPS) is 15.2. The van der Waals surface area contributed by atoms with E-state index in [0.29, 0.717) is 11.5 Å². The van der Waals surface area contributed by atoms with Gasteiger partial charge in [-0.25, -0.2) is 4.79 Å². The van der Waals surface area contributed by atoms with E-state index in [1.807, 2.05) is 0 Å². The predicted molar refractivity (Wildman–Crippen MR) is 94.7 cm³/mol. The van der Waals surface area contributed by atoms with Crippen LogP contribution in [-0.2, 0) is 4.74 Å². The Morgan fingerprint density at radius 2 is 2.04 bits per heavy atom. The molecular weight excluding hydrogens is 324 g/mol. The minimum Gasteiger partial charge on any atom is -0.465 e. The lowest BCUT2D eigenvalue weighted by atomic mass is 9.91. The van der Waals surface area contributed by atoms with E-state index in [1.165, 1.54) is 39.2 Å². The van der Waals surface area contributed by atoms with Crippen LogP contribution in [0.2, 0.25) is 0 Å². The number of esters is 1. The first-order valence-corrected chi connectivity index (χ1v) is 9.24. The largest absolute Gasteiger partial charge is 0.465 e. The number of thioether (sulfide) groups is 1. The highest BCUT2D eigenvalue weighted by molar-refractivity contribution is 7.99. The number of rotatable bonds is 6. The van der Waals surface area contributed by atoms with Gasteiger partial charge in [-0.15, -0.1) is 5.10 Å². The molecular formula is C17H22N4O2S. The molecule has 24 heavy (non-hydrogen) atoms. The van der Waals surface area contributed by atoms with Crippen LogP contribution in [0, 0.1) is 5.92 Å². The molecule has 1 fully saturated rings. The fourth-order valence-corrected chi connectivity index (χ4v) is 3.84. The summed E-state index contributed by atoms with van der Waals surface area (Å²) < 4.78 is 4.68. The van der Waals surface area contributed by atoms with Gasteiger partial charge in [0.05, 0.1) is 12.7 Å². The second kappa shape index (κ2) is 8.19. The number of methoxy groups -OCH3 is 1. The molecule has 1 saturated carbocycles. The van der Waals surface area contributed by atoms with E-state index < -0.39 is 0 Å². The highest BCUT2D eigenvalue weighted by atomic mass is 32.2. The van der Waals surface area contributed by atoms with Crippen LogP contribution in [0.25, 0.3) is 0 Å². The molecule has 6 nitrogen and oxygen atoms in total. The Labute approximate surface area is 145 Å². The zero-order valence-electron chi connectivity index (χ0n) is 13.7. The average molecular weight is 346 g/mol. The summed E-state index contributed by atoms with van der Waals surface area (Å²) in [6, 6.07) is 7.02. The maximum Gasteiger partial charge on any atom is 0.337 e. The number of nitrogens with zero attached hydrogens (tertiary/aromatic N) is 2. The van der Waals surface area contributed by atoms with Gasteiger partial charge in [-0.05, 0) is 43.0 Å². The van der Waals surface area contributed by atoms with Crippen molar-refractivity contribution in [2.24, 2.45) is 5.92 Å². The standard InChI is InChI=1S/C17H22N4O2S/c1-23-15(22)13-7-9-14(10-8-13)18-16-19-17(21-20-16)24-11-12-5-3-2-4-6-12/h7-10,12H,2-6,11H2,1H3,(H2,18,19,20,21). The van der Waals surface area contributed by atoms with Crippen molar-refractivity contribution in [3.05, 3.63) is 29.8 Å². The summed E-state index contributed by atoms with van der Waals surface area (Å²) in [5, 5.41) is 11.1. The fraction of sp³-hybridized carbons (Fsp3) is 0.471. The molecule has 128 valence electrons. The van der Waals surface area contributed by atoms with Crippen molar-refractivity contribution in [2.45, 2.75) is 37.3 Å². The Morgan fingerprint density at radius 3 is 2.75 bits per heavy atom. The smallest absolute Gasteiger partial charge is 0.337 e. The Balaban J connectivity index is 1.52. The first kappa shape index (κ1) is 16.8. The zero-order valence-corrected chi connectivity index (χ0v) is 14.6. The SMILES string of the molecule is COC(=O)c1ccc(Nc2n[nH]c(SCC3CCCCC3)n2)cc1. The third-order valence-corrected chi connectivity index (χ3v) is 5.30. The van der Waals surface area contributed by atoms with Crippen LogP contribution in [0.3, 0.4) is 0 Å². The minimum atomic E-state index is -0.346. The predicted octanol–water partition coefficient (Wildman–Crippen LogP) is 4.01. The number of carbonyl (C=O) groups excluding carboxylic acids is 1. The fourth-order valence-electron chi connectivity index (χ4n) is 2.85. The van der Waals surface area contributed by atoms with E-state index in [0.717, 1.165) is 22.5 Å². The third kappa shape index (κ3) is 4.50. The summed E-state index contributed by atoms with van der Waals surface area (Å²) in [4.78, 5) is 15.9. The van der Waals surface area contributed by atoms with Gasteiger partial charge in [-0.1, -0.05) is 31.0 Å². The van der Waals surface area contributed by atoms with Crippen molar-refractivity contribution < 1.29 is 9.53 Å². The molecule has 3 rings (SSSR count). The van der Waals surface area contributed by atoms with E-state index in [-0.39, 0.29) is 5.97 Å². The molecule has 0 atom stereocenters. The summed E-state index contributed by atoms with van der Waals surface area (Å²) in [6.07, 6.45) is 6.76. The number of aromatic amines is 1.